The predicted octanol–water partition coefficient (Wildman–Crippen LogP) is 10.9. The number of hydrogen-bond acceptors (Lipinski definition) is 3. The van der Waals surface area contributed by atoms with E-state index in [-0.39, 0.29) is 54.5 Å². The number of rotatable bonds is 10. The van der Waals surface area contributed by atoms with Crippen LogP contribution in [0.15, 0.2) is 96.0 Å². The Morgan fingerprint density at radius 2 is 1.09 bits per heavy atom. The molecule has 45 heavy (non-hydrogen) atoms. The van der Waals surface area contributed by atoms with Crippen LogP contribution in [0.25, 0.3) is 0 Å². The van der Waals surface area contributed by atoms with Crippen molar-refractivity contribution in [2.75, 3.05) is 0 Å². The topological polar surface area (TPSA) is 30.8 Å². The van der Waals surface area contributed by atoms with Crippen LogP contribution >= 0.6 is 8.15 Å². The molecule has 0 amide bonds. The molecule has 0 bridgehead atoms. The van der Waals surface area contributed by atoms with Crippen LogP contribution in [0.1, 0.15) is 87.8 Å². The Bertz CT molecular complexity index is 1180. The van der Waals surface area contributed by atoms with Crippen LogP contribution in [-0.4, -0.2) is 35.0 Å². The van der Waals surface area contributed by atoms with Crippen molar-refractivity contribution in [1.82, 2.24) is 0 Å². The quantitative estimate of drug-likeness (QED) is 0.151. The Labute approximate surface area is 290 Å². The molecule has 5 heteroatoms. The molecule has 1 aliphatic heterocycles. The molecule has 0 spiro atoms. The van der Waals surface area contributed by atoms with Crippen molar-refractivity contribution < 1.29 is 29.4 Å². The summed E-state index contributed by atoms with van der Waals surface area (Å²) in [6.07, 6.45) is 15.1. The summed E-state index contributed by atoms with van der Waals surface area (Å²) in [5.41, 5.74) is 4.60. The maximum atomic E-state index is 7.94. The number of ether oxygens (including phenoxy) is 1. The van der Waals surface area contributed by atoms with E-state index >= 15 is 0 Å². The molecule has 3 aliphatic rings. The maximum absolute atomic E-state index is 7.94. The first-order chi connectivity index (χ1) is 20.2. The van der Waals surface area contributed by atoms with E-state index in [2.05, 4.69) is 97.9 Å². The largest absolute Gasteiger partial charge is 0.472 e. The van der Waals surface area contributed by atoms with Crippen LogP contribution in [0.4, 0.5) is 0 Å². The second-order valence-electron chi connectivity index (χ2n) is 12.5. The molecule has 0 saturated heterocycles. The van der Waals surface area contributed by atoms with Gasteiger partial charge in [-0.05, 0) is 55.9 Å². The van der Waals surface area contributed by atoms with Gasteiger partial charge in [-0.1, -0.05) is 117 Å². The van der Waals surface area contributed by atoms with Gasteiger partial charge in [0.05, 0.1) is 0 Å². The first-order valence-corrected chi connectivity index (χ1v) is 17.5. The van der Waals surface area contributed by atoms with Gasteiger partial charge in [-0.15, -0.1) is 0 Å². The van der Waals surface area contributed by atoms with Crippen LogP contribution < -0.4 is 0 Å². The van der Waals surface area contributed by atoms with E-state index in [1.165, 1.54) is 75.3 Å². The summed E-state index contributed by atoms with van der Waals surface area (Å²) < 4.78 is 14.5. The summed E-state index contributed by atoms with van der Waals surface area (Å²) in [7, 11) is -0.606. The number of aliphatic imine (C=N–C) groups is 1. The summed E-state index contributed by atoms with van der Waals surface area (Å²) in [6.45, 7) is 2.21. The Morgan fingerprint density at radius 3 is 1.53 bits per heavy atom. The minimum absolute atomic E-state index is 0. The van der Waals surface area contributed by atoms with Gasteiger partial charge < -0.3 is 31.5 Å². The van der Waals surface area contributed by atoms with E-state index in [4.69, 9.17) is 14.3 Å². The summed E-state index contributed by atoms with van der Waals surface area (Å²) in [5.74, 6) is 0.761. The summed E-state index contributed by atoms with van der Waals surface area (Å²) >= 11 is 0. The molecule has 0 unspecified atom stereocenters. The molecule has 249 valence electrons. The number of hydrogen-bond donors (Lipinski definition) is 0. The molecule has 1 heterocycles. The van der Waals surface area contributed by atoms with Crippen LogP contribution in [0.2, 0.25) is 0 Å². The summed E-state index contributed by atoms with van der Waals surface area (Å²) in [5, 5.41) is 0. The van der Waals surface area contributed by atoms with Gasteiger partial charge in [0.25, 0.3) is 0 Å². The molecule has 3 aromatic rings. The fraction of sp³-hybridized carbons (Fsp3) is 0.450. The van der Waals surface area contributed by atoms with E-state index in [9.17, 15) is 0 Å². The minimum atomic E-state index is -0.606. The molecule has 2 atom stereocenters. The van der Waals surface area contributed by atoms with Crippen LogP contribution in [0, 0.1) is 22.3 Å². The van der Waals surface area contributed by atoms with Gasteiger partial charge in [0.15, 0.2) is 0 Å². The second-order valence-corrected chi connectivity index (χ2v) is 14.9. The first-order valence-electron chi connectivity index (χ1n) is 16.1. The number of benzene rings is 3. The van der Waals surface area contributed by atoms with Gasteiger partial charge in [-0.3, -0.25) is 0 Å². The normalized spacial score (nSPS) is 20.4. The molecule has 1 radical (unpaired) electrons. The van der Waals surface area contributed by atoms with E-state index in [0.717, 1.165) is 24.3 Å². The average molecular weight is 805 g/mol. The third-order valence-corrected chi connectivity index (χ3v) is 12.5. The van der Waals surface area contributed by atoms with Crippen molar-refractivity contribution in [3.05, 3.63) is 130 Å². The smallest absolute Gasteiger partial charge is 0.216 e. The molecular weight excluding hydrogens is 750 g/mol. The molecule has 3 nitrogen and oxygen atoms in total. The monoisotopic (exact) mass is 805 g/mol. The SMILES string of the molecule is C[C@@H]1OC(c2ccccc2)=N[C@@H]1C(Cc1ccccc1)(Cc1ccccc1)OP(C1CCCCC1)C1CCCCC1.[CH3-].[CH3-].[CH3-].[Ir]. The van der Waals surface area contributed by atoms with Crippen molar-refractivity contribution in [2.45, 2.75) is 113 Å². The van der Waals surface area contributed by atoms with E-state index in [1.807, 2.05) is 0 Å². The van der Waals surface area contributed by atoms with Crippen LogP contribution in [0.5, 0.6) is 0 Å². The molecule has 2 aliphatic carbocycles. The Morgan fingerprint density at radius 1 is 0.667 bits per heavy atom. The van der Waals surface area contributed by atoms with E-state index < -0.39 is 13.7 Å². The average Bonchev–Trinajstić information content (AvgIpc) is 3.44. The molecular formula is C40H55IrNO2P-3. The van der Waals surface area contributed by atoms with E-state index in [1.54, 1.807) is 0 Å². The molecule has 0 N–H and O–H groups in total. The zero-order valence-electron chi connectivity index (χ0n) is 28.0. The standard InChI is InChI=1S/C37H46NO2P.3CH3.Ir/c1-29-35(38-36(39-29)32-21-11-4-12-22-32)37(27-30-17-7-2-8-18-30,28-31-19-9-3-10-20-31)40-41(33-23-13-5-14-24-33)34-25-15-6-16-26-34;;;;/h2-4,7-12,17-22,29,33-35H,5-6,13-16,23-28H2,1H3;3*1H3;/q;3*-1;/t29-,35-;;;;/m0..../s1. The first kappa shape index (κ1) is 39.3. The van der Waals surface area contributed by atoms with Crippen molar-refractivity contribution >= 4 is 14.0 Å². The van der Waals surface area contributed by atoms with Crippen LogP contribution in [0.3, 0.4) is 0 Å². The van der Waals surface area contributed by atoms with Crippen molar-refractivity contribution in [1.29, 1.82) is 0 Å². The molecule has 6 rings (SSSR count). The predicted molar refractivity (Wildman–Crippen MR) is 191 cm³/mol. The molecule has 2 fully saturated rings. The Hall–Kier alpha value is -1.83. The van der Waals surface area contributed by atoms with Gasteiger partial charge >= 0.3 is 0 Å². The minimum Gasteiger partial charge on any atom is -0.472 e. The molecule has 3 aromatic carbocycles. The second kappa shape index (κ2) is 19.1. The molecule has 2 saturated carbocycles. The maximum Gasteiger partial charge on any atom is 0.216 e. The third kappa shape index (κ3) is 9.84. The van der Waals surface area contributed by atoms with Gasteiger partial charge in [0, 0.05) is 58.0 Å². The summed E-state index contributed by atoms with van der Waals surface area (Å²) in [4.78, 5) is 5.43. The van der Waals surface area contributed by atoms with Crippen molar-refractivity contribution in [2.24, 2.45) is 4.99 Å². The third-order valence-electron chi connectivity index (χ3n) is 9.41. The van der Waals surface area contributed by atoms with Crippen LogP contribution in [-0.2, 0) is 42.2 Å². The zero-order chi connectivity index (χ0) is 27.9. The Balaban J connectivity index is 0.00000176. The van der Waals surface area contributed by atoms with Crippen molar-refractivity contribution in [3.63, 3.8) is 0 Å². The van der Waals surface area contributed by atoms with Gasteiger partial charge in [0.1, 0.15) is 17.7 Å². The van der Waals surface area contributed by atoms with Gasteiger partial charge in [-0.2, -0.15) is 0 Å². The van der Waals surface area contributed by atoms with Gasteiger partial charge in [0.2, 0.25) is 5.90 Å². The fourth-order valence-corrected chi connectivity index (χ4v) is 10.7. The molecule has 0 aromatic heterocycles. The fourth-order valence-electron chi connectivity index (χ4n) is 7.37. The van der Waals surface area contributed by atoms with Gasteiger partial charge in [-0.25, -0.2) is 4.99 Å². The number of nitrogens with zero attached hydrogens (tertiary/aromatic N) is 1. The van der Waals surface area contributed by atoms with E-state index in [0.29, 0.717) is 11.3 Å². The Kier molecular flexibility index (Phi) is 16.7. The van der Waals surface area contributed by atoms with Crippen molar-refractivity contribution in [3.8, 4) is 0 Å². The summed E-state index contributed by atoms with van der Waals surface area (Å²) in [6, 6.07) is 32.3. The zero-order valence-corrected chi connectivity index (χ0v) is 31.3.